The first-order chi connectivity index (χ1) is 11.2. The average Bonchev–Trinajstić information content (AvgIpc) is 3.24. The number of benzene rings is 1. The lowest BCUT2D eigenvalue weighted by atomic mass is 10.0. The van der Waals surface area contributed by atoms with Crippen molar-refractivity contribution in [1.82, 2.24) is 20.3 Å². The highest BCUT2D eigenvalue weighted by molar-refractivity contribution is 5.92. The first-order valence-corrected chi connectivity index (χ1v) is 7.14. The molecule has 1 amide bonds. The normalized spacial score (nSPS) is 18.3. The molecule has 2 atom stereocenters. The molecule has 3 rings (SSSR count). The largest absolute Gasteiger partial charge is 0.381 e. The maximum atomic E-state index is 12.9. The van der Waals surface area contributed by atoms with Crippen molar-refractivity contribution >= 4 is 5.91 Å². The van der Waals surface area contributed by atoms with Gasteiger partial charge in [-0.1, -0.05) is 0 Å². The summed E-state index contributed by atoms with van der Waals surface area (Å²) in [6.45, 7) is 1.06. The summed E-state index contributed by atoms with van der Waals surface area (Å²) in [7, 11) is 0. The topological polar surface area (TPSA) is 92.8 Å². The van der Waals surface area contributed by atoms with Crippen LogP contribution in [0.4, 0.5) is 4.39 Å². The Morgan fingerprint density at radius 2 is 2.26 bits per heavy atom. The van der Waals surface area contributed by atoms with E-state index in [1.165, 1.54) is 35.3 Å². The molecule has 0 spiro atoms. The van der Waals surface area contributed by atoms with Gasteiger partial charge in [-0.25, -0.2) is 4.39 Å². The lowest BCUT2D eigenvalue weighted by Gasteiger charge is -2.15. The summed E-state index contributed by atoms with van der Waals surface area (Å²) < 4.78 is 18.1. The highest BCUT2D eigenvalue weighted by Gasteiger charge is 2.28. The molecule has 7 nitrogen and oxygen atoms in total. The second-order valence-electron chi connectivity index (χ2n) is 5.20. The number of carbonyl (C=O) groups is 1. The Hall–Kier alpha value is -2.79. The molecule has 1 aliphatic rings. The third-order valence-electron chi connectivity index (χ3n) is 3.64. The van der Waals surface area contributed by atoms with Crippen LogP contribution in [0.25, 0.3) is 5.69 Å². The minimum atomic E-state index is -0.624. The second kappa shape index (κ2) is 6.54. The van der Waals surface area contributed by atoms with Gasteiger partial charge in [0.2, 0.25) is 0 Å². The first kappa shape index (κ1) is 15.1. The van der Waals surface area contributed by atoms with E-state index in [9.17, 15) is 14.4 Å². The van der Waals surface area contributed by atoms with Crippen molar-refractivity contribution in [2.45, 2.75) is 12.5 Å². The van der Waals surface area contributed by atoms with Crippen LogP contribution in [0.15, 0.2) is 30.5 Å². The third kappa shape index (κ3) is 3.35. The number of hydrogen-bond acceptors (Lipinski definition) is 5. The van der Waals surface area contributed by atoms with Gasteiger partial charge in [0, 0.05) is 12.5 Å². The Balaban J connectivity index is 1.70. The van der Waals surface area contributed by atoms with Crippen molar-refractivity contribution in [3.63, 3.8) is 0 Å². The number of nitriles is 1. The number of carbonyl (C=O) groups excluding carboxylic acids is 1. The van der Waals surface area contributed by atoms with Gasteiger partial charge >= 0.3 is 0 Å². The van der Waals surface area contributed by atoms with Crippen LogP contribution in [0.1, 0.15) is 16.9 Å². The number of rotatable bonds is 4. The molecule has 2 aromatic rings. The monoisotopic (exact) mass is 315 g/mol. The van der Waals surface area contributed by atoms with Crippen LogP contribution >= 0.6 is 0 Å². The summed E-state index contributed by atoms with van der Waals surface area (Å²) in [6.07, 6.45) is 2.04. The fourth-order valence-electron chi connectivity index (χ4n) is 2.35. The minimum Gasteiger partial charge on any atom is -0.381 e. The smallest absolute Gasteiger partial charge is 0.274 e. The Morgan fingerprint density at radius 3 is 2.91 bits per heavy atom. The van der Waals surface area contributed by atoms with E-state index in [2.05, 4.69) is 21.6 Å². The van der Waals surface area contributed by atoms with E-state index in [-0.39, 0.29) is 17.4 Å². The van der Waals surface area contributed by atoms with Crippen molar-refractivity contribution in [3.05, 3.63) is 42.0 Å². The van der Waals surface area contributed by atoms with Crippen LogP contribution in [0.3, 0.4) is 0 Å². The molecule has 1 saturated heterocycles. The molecule has 1 aliphatic heterocycles. The van der Waals surface area contributed by atoms with Gasteiger partial charge in [-0.3, -0.25) is 4.79 Å². The van der Waals surface area contributed by atoms with Gasteiger partial charge in [0.1, 0.15) is 11.9 Å². The van der Waals surface area contributed by atoms with E-state index >= 15 is 0 Å². The molecule has 1 N–H and O–H groups in total. The zero-order valence-corrected chi connectivity index (χ0v) is 12.1. The van der Waals surface area contributed by atoms with Crippen molar-refractivity contribution in [2.75, 3.05) is 13.2 Å². The predicted molar refractivity (Wildman–Crippen MR) is 77.1 cm³/mol. The summed E-state index contributed by atoms with van der Waals surface area (Å²) in [5.41, 5.74) is 0.625. The van der Waals surface area contributed by atoms with Crippen LogP contribution in [0.5, 0.6) is 0 Å². The van der Waals surface area contributed by atoms with Crippen molar-refractivity contribution in [3.8, 4) is 11.8 Å². The lowest BCUT2D eigenvalue weighted by molar-refractivity contribution is 0.0925. The average molecular weight is 315 g/mol. The van der Waals surface area contributed by atoms with Crippen LogP contribution in [-0.2, 0) is 4.74 Å². The van der Waals surface area contributed by atoms with Crippen LogP contribution in [-0.4, -0.2) is 40.2 Å². The maximum absolute atomic E-state index is 12.9. The fraction of sp³-hybridized carbons (Fsp3) is 0.333. The van der Waals surface area contributed by atoms with Crippen molar-refractivity contribution < 1.29 is 13.9 Å². The van der Waals surface area contributed by atoms with E-state index < -0.39 is 11.9 Å². The van der Waals surface area contributed by atoms with E-state index in [0.717, 1.165) is 6.42 Å². The van der Waals surface area contributed by atoms with Crippen molar-refractivity contribution in [2.24, 2.45) is 5.92 Å². The molecular formula is C15H14FN5O2. The van der Waals surface area contributed by atoms with Gasteiger partial charge < -0.3 is 10.1 Å². The van der Waals surface area contributed by atoms with Crippen LogP contribution < -0.4 is 5.32 Å². The lowest BCUT2D eigenvalue weighted by Crippen LogP contribution is -2.39. The summed E-state index contributed by atoms with van der Waals surface area (Å²) >= 11 is 0. The third-order valence-corrected chi connectivity index (χ3v) is 3.64. The quantitative estimate of drug-likeness (QED) is 0.911. The molecule has 0 radical (unpaired) electrons. The highest BCUT2D eigenvalue weighted by Crippen LogP contribution is 2.16. The summed E-state index contributed by atoms with van der Waals surface area (Å²) in [5.74, 6) is -0.859. The van der Waals surface area contributed by atoms with Gasteiger partial charge in [0.05, 0.1) is 24.6 Å². The molecule has 1 aromatic heterocycles. The minimum absolute atomic E-state index is 0.0175. The summed E-state index contributed by atoms with van der Waals surface area (Å²) in [6, 6.07) is 7.03. The Bertz CT molecular complexity index is 731. The van der Waals surface area contributed by atoms with Gasteiger partial charge in [-0.05, 0) is 30.7 Å². The highest BCUT2D eigenvalue weighted by atomic mass is 19.1. The number of ether oxygens (including phenoxy) is 1. The molecule has 118 valence electrons. The second-order valence-corrected chi connectivity index (χ2v) is 5.20. The van der Waals surface area contributed by atoms with Crippen LogP contribution in [0.2, 0.25) is 0 Å². The standard InChI is InChI=1S/C15H14FN5O2/c16-11-1-3-12(4-2-11)21-18-8-14(20-21)15(22)19-13(7-17)10-5-6-23-9-10/h1-4,8,10,13H,5-6,9H2,(H,19,22)/t10-,13-/m0/s1. The predicted octanol–water partition coefficient (Wildman–Crippen LogP) is 1.06. The SMILES string of the molecule is N#C[C@H](NC(=O)c1cnn(-c2ccc(F)cc2)n1)[C@H]1CCOC1. The summed E-state index contributed by atoms with van der Waals surface area (Å²) in [4.78, 5) is 13.4. The Labute approximate surface area is 131 Å². The molecule has 1 aromatic carbocycles. The van der Waals surface area contributed by atoms with Crippen LogP contribution in [0, 0.1) is 23.1 Å². The first-order valence-electron chi connectivity index (χ1n) is 7.14. The molecule has 2 heterocycles. The number of nitrogens with one attached hydrogen (secondary N) is 1. The molecule has 0 aliphatic carbocycles. The maximum Gasteiger partial charge on any atom is 0.274 e. The Kier molecular flexibility index (Phi) is 4.30. The van der Waals surface area contributed by atoms with E-state index in [0.29, 0.717) is 18.9 Å². The zero-order valence-electron chi connectivity index (χ0n) is 12.1. The number of halogens is 1. The molecule has 8 heteroatoms. The van der Waals surface area contributed by atoms with Gasteiger partial charge in [0.25, 0.3) is 5.91 Å². The van der Waals surface area contributed by atoms with Gasteiger partial charge in [-0.2, -0.15) is 15.2 Å². The molecule has 1 fully saturated rings. The van der Waals surface area contributed by atoms with E-state index in [4.69, 9.17) is 4.74 Å². The Morgan fingerprint density at radius 1 is 1.48 bits per heavy atom. The zero-order chi connectivity index (χ0) is 16.2. The molecular weight excluding hydrogens is 301 g/mol. The number of hydrogen-bond donors (Lipinski definition) is 1. The number of amides is 1. The van der Waals surface area contributed by atoms with Gasteiger partial charge in [0.15, 0.2) is 5.69 Å². The van der Waals surface area contributed by atoms with E-state index in [1.54, 1.807) is 0 Å². The number of nitrogens with zero attached hydrogens (tertiary/aromatic N) is 4. The molecule has 23 heavy (non-hydrogen) atoms. The fourth-order valence-corrected chi connectivity index (χ4v) is 2.35. The molecule has 0 saturated carbocycles. The van der Waals surface area contributed by atoms with Crippen molar-refractivity contribution in [1.29, 1.82) is 5.26 Å². The molecule has 0 unspecified atom stereocenters. The van der Waals surface area contributed by atoms with E-state index in [1.807, 2.05) is 0 Å². The summed E-state index contributed by atoms with van der Waals surface area (Å²) in [5, 5.41) is 19.9. The van der Waals surface area contributed by atoms with Gasteiger partial charge in [-0.15, -0.1) is 5.10 Å². The molecule has 0 bridgehead atoms. The number of aromatic nitrogens is 3.